The van der Waals surface area contributed by atoms with Crippen molar-refractivity contribution in [3.8, 4) is 5.88 Å². The highest BCUT2D eigenvalue weighted by atomic mass is 16.6. The Bertz CT molecular complexity index is 718. The van der Waals surface area contributed by atoms with Gasteiger partial charge in [0.15, 0.2) is 17.4 Å². The molecule has 1 aliphatic rings. The minimum atomic E-state index is -1.65. The summed E-state index contributed by atoms with van der Waals surface area (Å²) in [5.41, 5.74) is 4.71. The molecule has 10 heteroatoms. The van der Waals surface area contributed by atoms with E-state index in [9.17, 15) is 15.3 Å². The molecule has 0 amide bonds. The Kier molecular flexibility index (Phi) is 3.84. The van der Waals surface area contributed by atoms with E-state index in [0.29, 0.717) is 17.8 Å². The molecule has 1 aliphatic heterocycles. The lowest BCUT2D eigenvalue weighted by atomic mass is 9.96. The minimum absolute atomic E-state index is 0.0143. The number of aromatic nitrogens is 4. The van der Waals surface area contributed by atoms with E-state index in [-0.39, 0.29) is 11.8 Å². The summed E-state index contributed by atoms with van der Waals surface area (Å²) in [4.78, 5) is 12.3. The van der Waals surface area contributed by atoms with Gasteiger partial charge < -0.3 is 30.5 Å². The Morgan fingerprint density at radius 3 is 2.83 bits per heavy atom. The first-order valence-corrected chi connectivity index (χ1v) is 7.19. The number of ether oxygens (including phenoxy) is 2. The fourth-order valence-corrected chi connectivity index (χ4v) is 2.71. The summed E-state index contributed by atoms with van der Waals surface area (Å²) in [7, 11) is 0. The standard InChI is InChI=1S/C13H19N5O5/c1-3-22-10-7-9(16-12(14)17-10)18(5-15-7)11-13(2,21)8(20)6(4-19)23-11/h5-6,8,11,19-21H,3-4H2,1-2H3,(H2,14,16,17)/t6-,8-,11?,13-/m1/s1. The van der Waals surface area contributed by atoms with Crippen molar-refractivity contribution in [2.45, 2.75) is 37.9 Å². The van der Waals surface area contributed by atoms with Gasteiger partial charge in [-0.25, -0.2) is 4.98 Å². The second kappa shape index (κ2) is 5.57. The van der Waals surface area contributed by atoms with Crippen LogP contribution >= 0.6 is 0 Å². The number of anilines is 1. The maximum atomic E-state index is 10.6. The Labute approximate surface area is 131 Å². The molecule has 3 heterocycles. The van der Waals surface area contributed by atoms with E-state index in [2.05, 4.69) is 15.0 Å². The number of hydrogen-bond acceptors (Lipinski definition) is 9. The molecule has 0 aliphatic carbocycles. The van der Waals surface area contributed by atoms with Gasteiger partial charge in [0.25, 0.3) is 0 Å². The number of imidazole rings is 1. The van der Waals surface area contributed by atoms with Crippen LogP contribution in [0.3, 0.4) is 0 Å². The van der Waals surface area contributed by atoms with Gasteiger partial charge in [-0.2, -0.15) is 9.97 Å². The van der Waals surface area contributed by atoms with Gasteiger partial charge in [-0.05, 0) is 13.8 Å². The summed E-state index contributed by atoms with van der Waals surface area (Å²) in [6.07, 6.45) is -1.78. The zero-order chi connectivity index (χ0) is 16.8. The molecule has 0 radical (unpaired) electrons. The highest BCUT2D eigenvalue weighted by molar-refractivity contribution is 5.77. The van der Waals surface area contributed by atoms with E-state index >= 15 is 0 Å². The average Bonchev–Trinajstić information content (AvgIpc) is 3.00. The lowest BCUT2D eigenvalue weighted by Gasteiger charge is -2.27. The van der Waals surface area contributed by atoms with Crippen LogP contribution in [0.15, 0.2) is 6.33 Å². The van der Waals surface area contributed by atoms with E-state index < -0.39 is 30.6 Å². The molecule has 4 atom stereocenters. The summed E-state index contributed by atoms with van der Waals surface area (Å²) in [5, 5.41) is 29.9. The quantitative estimate of drug-likeness (QED) is 0.544. The van der Waals surface area contributed by atoms with Crippen molar-refractivity contribution in [1.82, 2.24) is 19.5 Å². The Morgan fingerprint density at radius 1 is 1.48 bits per heavy atom. The molecule has 1 unspecified atom stereocenters. The second-order valence-corrected chi connectivity index (χ2v) is 5.52. The zero-order valence-corrected chi connectivity index (χ0v) is 12.7. The number of nitrogens with two attached hydrogens (primary N) is 1. The molecule has 5 N–H and O–H groups in total. The van der Waals surface area contributed by atoms with Crippen LogP contribution in [-0.2, 0) is 4.74 Å². The lowest BCUT2D eigenvalue weighted by molar-refractivity contribution is -0.0950. The van der Waals surface area contributed by atoms with Gasteiger partial charge in [0.1, 0.15) is 17.8 Å². The Balaban J connectivity index is 2.10. The maximum Gasteiger partial charge on any atom is 0.247 e. The summed E-state index contributed by atoms with van der Waals surface area (Å²) in [6.45, 7) is 3.16. The van der Waals surface area contributed by atoms with Gasteiger partial charge in [-0.1, -0.05) is 0 Å². The van der Waals surface area contributed by atoms with Crippen LogP contribution in [0.25, 0.3) is 11.2 Å². The number of aliphatic hydroxyl groups is 3. The number of rotatable bonds is 4. The fourth-order valence-electron chi connectivity index (χ4n) is 2.71. The van der Waals surface area contributed by atoms with Crippen LogP contribution in [0.4, 0.5) is 5.95 Å². The molecule has 0 spiro atoms. The van der Waals surface area contributed by atoms with Crippen molar-refractivity contribution >= 4 is 17.1 Å². The van der Waals surface area contributed by atoms with Crippen LogP contribution in [-0.4, -0.2) is 65.9 Å². The molecular weight excluding hydrogens is 306 g/mol. The molecule has 0 bridgehead atoms. The van der Waals surface area contributed by atoms with E-state index in [4.69, 9.17) is 15.2 Å². The fraction of sp³-hybridized carbons (Fsp3) is 0.615. The minimum Gasteiger partial charge on any atom is -0.476 e. The van der Waals surface area contributed by atoms with Crippen LogP contribution in [0, 0.1) is 0 Å². The SMILES string of the molecule is CCOc1nc(N)nc2c1ncn2C1O[C@H](CO)[C@@H](O)[C@@]1(C)O. The van der Waals surface area contributed by atoms with Gasteiger partial charge in [-0.3, -0.25) is 4.57 Å². The third kappa shape index (κ3) is 2.39. The van der Waals surface area contributed by atoms with Crippen molar-refractivity contribution < 1.29 is 24.8 Å². The Hall–Kier alpha value is -2.01. The van der Waals surface area contributed by atoms with Gasteiger partial charge in [0.05, 0.1) is 19.5 Å². The van der Waals surface area contributed by atoms with Crippen LogP contribution in [0.1, 0.15) is 20.1 Å². The summed E-state index contributed by atoms with van der Waals surface area (Å²) < 4.78 is 12.4. The molecule has 1 fully saturated rings. The molecule has 2 aromatic rings. The summed E-state index contributed by atoms with van der Waals surface area (Å²) in [5.74, 6) is 0.213. The largest absolute Gasteiger partial charge is 0.476 e. The predicted octanol–water partition coefficient (Wildman–Crippen LogP) is -1.19. The van der Waals surface area contributed by atoms with Crippen molar-refractivity contribution in [3.05, 3.63) is 6.33 Å². The van der Waals surface area contributed by atoms with Crippen molar-refractivity contribution in [2.75, 3.05) is 18.9 Å². The number of hydrogen-bond donors (Lipinski definition) is 4. The smallest absolute Gasteiger partial charge is 0.247 e. The van der Waals surface area contributed by atoms with E-state index in [1.807, 2.05) is 0 Å². The van der Waals surface area contributed by atoms with E-state index in [1.54, 1.807) is 6.92 Å². The molecule has 1 saturated heterocycles. The molecule has 0 saturated carbocycles. The van der Waals surface area contributed by atoms with Crippen LogP contribution in [0.2, 0.25) is 0 Å². The highest BCUT2D eigenvalue weighted by Gasteiger charge is 2.53. The zero-order valence-electron chi connectivity index (χ0n) is 12.7. The summed E-state index contributed by atoms with van der Waals surface area (Å²) >= 11 is 0. The molecular formula is C13H19N5O5. The highest BCUT2D eigenvalue weighted by Crippen LogP contribution is 2.39. The monoisotopic (exact) mass is 325 g/mol. The first kappa shape index (κ1) is 15.9. The first-order valence-electron chi connectivity index (χ1n) is 7.19. The van der Waals surface area contributed by atoms with Crippen molar-refractivity contribution in [1.29, 1.82) is 0 Å². The number of nitrogen functional groups attached to an aromatic ring is 1. The normalized spacial score (nSPS) is 30.9. The molecule has 23 heavy (non-hydrogen) atoms. The van der Waals surface area contributed by atoms with E-state index in [0.717, 1.165) is 0 Å². The van der Waals surface area contributed by atoms with Crippen LogP contribution < -0.4 is 10.5 Å². The third-order valence-electron chi connectivity index (χ3n) is 3.87. The topological polar surface area (TPSA) is 149 Å². The van der Waals surface area contributed by atoms with Gasteiger partial charge in [-0.15, -0.1) is 0 Å². The molecule has 126 valence electrons. The number of fused-ring (bicyclic) bond motifs is 1. The van der Waals surface area contributed by atoms with E-state index in [1.165, 1.54) is 17.8 Å². The molecule has 10 nitrogen and oxygen atoms in total. The lowest BCUT2D eigenvalue weighted by Crippen LogP contribution is -2.44. The van der Waals surface area contributed by atoms with Crippen LogP contribution in [0.5, 0.6) is 5.88 Å². The van der Waals surface area contributed by atoms with Crippen molar-refractivity contribution in [2.24, 2.45) is 0 Å². The summed E-state index contributed by atoms with van der Waals surface area (Å²) in [6, 6.07) is 0. The molecule has 0 aromatic carbocycles. The number of nitrogens with zero attached hydrogens (tertiary/aromatic N) is 4. The third-order valence-corrected chi connectivity index (χ3v) is 3.87. The average molecular weight is 325 g/mol. The van der Waals surface area contributed by atoms with Gasteiger partial charge >= 0.3 is 0 Å². The second-order valence-electron chi connectivity index (χ2n) is 5.52. The maximum absolute atomic E-state index is 10.6. The molecule has 3 rings (SSSR count). The van der Waals surface area contributed by atoms with Crippen molar-refractivity contribution in [3.63, 3.8) is 0 Å². The molecule has 2 aromatic heterocycles. The first-order chi connectivity index (χ1) is 10.9. The van der Waals surface area contributed by atoms with Gasteiger partial charge in [0.2, 0.25) is 11.8 Å². The Morgan fingerprint density at radius 2 is 2.22 bits per heavy atom. The van der Waals surface area contributed by atoms with Gasteiger partial charge in [0, 0.05) is 0 Å². The number of aliphatic hydroxyl groups excluding tert-OH is 2. The predicted molar refractivity (Wildman–Crippen MR) is 78.5 cm³/mol.